The Morgan fingerprint density at radius 2 is 0.902 bits per heavy atom. The molecule has 5 aromatic rings. The monoisotopic (exact) mass is 866 g/mol. The Kier molecular flexibility index (Phi) is 26.7. The largest absolute Gasteiger partial charge is 2.00 e. The molecule has 4 aromatic carbocycles. The normalized spacial score (nSPS) is 9.05. The van der Waals surface area contributed by atoms with Crippen molar-refractivity contribution in [3.05, 3.63) is 139 Å². The van der Waals surface area contributed by atoms with Crippen LogP contribution in [0.25, 0.3) is 5.69 Å². The minimum Gasteiger partial charge on any atom is -1.00 e. The standard InChI is InChI=1S/C18H15P.C11H12N2.2CH2Cl2.2BrH.Pd/c1-4-10-16(11-5-1)19(17-12-6-2-7-13-17)18-14-8-3-9-15-18;1-10-8-9-13(12(10)2)11-6-4-3-5-7-11;2*2-1-3;;;/h1-15H;3-8H,1-2H3;2*1H2;2*1H;/q;;;;;;+2/p-2. The first kappa shape index (κ1) is 42.4. The summed E-state index contributed by atoms with van der Waals surface area (Å²) < 4.78 is 4.06. The maximum Gasteiger partial charge on any atom is 2.00 e. The smallest absolute Gasteiger partial charge is 1.00 e. The van der Waals surface area contributed by atoms with Gasteiger partial charge in [-0.15, -0.1) is 46.4 Å². The third-order valence-corrected chi connectivity index (χ3v) is 7.69. The number of para-hydroxylation sites is 1. The average molecular weight is 871 g/mol. The van der Waals surface area contributed by atoms with Crippen LogP contribution in [-0.4, -0.2) is 15.4 Å². The molecule has 1 heterocycles. The fraction of sp³-hybridized carbons (Fsp3) is 0.129. The molecule has 0 fully saturated rings. The number of rotatable bonds is 4. The summed E-state index contributed by atoms with van der Waals surface area (Å²) in [6, 6.07) is 44.5. The molecule has 41 heavy (non-hydrogen) atoms. The number of hydrogen-bond donors (Lipinski definition) is 0. The zero-order chi connectivity index (χ0) is 27.6. The fourth-order valence-corrected chi connectivity index (χ4v) is 5.79. The van der Waals surface area contributed by atoms with Crippen LogP contribution in [0.1, 0.15) is 5.69 Å². The SMILES string of the molecule is Cc1c[c-][n+](-c2ccccc2)n1C.ClCCl.ClCCl.[Br-].[Br-].[Pd+2].c1ccc(P(c2ccccc2)c2ccccc2)cc1. The molecule has 0 radical (unpaired) electrons. The summed E-state index contributed by atoms with van der Waals surface area (Å²) in [5, 5.41) is 4.58. The van der Waals surface area contributed by atoms with Gasteiger partial charge in [0.1, 0.15) is 11.9 Å². The third-order valence-electron chi connectivity index (χ3n) is 5.25. The predicted molar refractivity (Wildman–Crippen MR) is 169 cm³/mol. The van der Waals surface area contributed by atoms with Crippen molar-refractivity contribution in [1.29, 1.82) is 0 Å². The fourth-order valence-electron chi connectivity index (χ4n) is 3.49. The van der Waals surface area contributed by atoms with E-state index >= 15 is 0 Å². The summed E-state index contributed by atoms with van der Waals surface area (Å²) in [5.41, 5.74) is 2.34. The first-order chi connectivity index (χ1) is 18.6. The summed E-state index contributed by atoms with van der Waals surface area (Å²) in [5.74, 6) is 0. The molecule has 0 aliphatic carbocycles. The second-order valence-electron chi connectivity index (χ2n) is 7.63. The van der Waals surface area contributed by atoms with Crippen LogP contribution in [0.4, 0.5) is 0 Å². The molecule has 0 N–H and O–H groups in total. The van der Waals surface area contributed by atoms with Crippen LogP contribution >= 0.6 is 54.3 Å². The molecule has 0 amide bonds. The molecule has 0 saturated heterocycles. The van der Waals surface area contributed by atoms with E-state index in [2.05, 4.69) is 121 Å². The van der Waals surface area contributed by atoms with E-state index in [1.165, 1.54) is 21.6 Å². The molecule has 5 rings (SSSR count). The van der Waals surface area contributed by atoms with E-state index in [-0.39, 0.29) is 65.1 Å². The number of aromatic nitrogens is 2. The Bertz CT molecular complexity index is 1190. The van der Waals surface area contributed by atoms with Crippen LogP contribution in [0.5, 0.6) is 0 Å². The molecule has 0 bridgehead atoms. The van der Waals surface area contributed by atoms with Gasteiger partial charge in [-0.05, 0) is 41.7 Å². The average Bonchev–Trinajstić information content (AvgIpc) is 3.30. The van der Waals surface area contributed by atoms with Crippen LogP contribution in [0.15, 0.2) is 127 Å². The minimum absolute atomic E-state index is 0. The molecule has 0 atom stereocenters. The maximum absolute atomic E-state index is 4.76. The minimum atomic E-state index is -0.446. The van der Waals surface area contributed by atoms with E-state index in [0.717, 1.165) is 5.69 Å². The number of benzene rings is 4. The predicted octanol–water partition coefficient (Wildman–Crippen LogP) is 1.70. The number of nitrogens with zero attached hydrogens (tertiary/aromatic N) is 2. The number of alkyl halides is 4. The van der Waals surface area contributed by atoms with Crippen LogP contribution < -0.4 is 54.6 Å². The van der Waals surface area contributed by atoms with E-state index in [0.29, 0.717) is 0 Å². The number of halogens is 6. The van der Waals surface area contributed by atoms with Crippen molar-refractivity contribution in [3.8, 4) is 5.69 Å². The van der Waals surface area contributed by atoms with Crippen LogP contribution in [0.2, 0.25) is 0 Å². The Balaban J connectivity index is 0. The molecule has 1 aromatic heterocycles. The Labute approximate surface area is 300 Å². The Hall–Kier alpha value is -0.698. The molecule has 0 saturated carbocycles. The van der Waals surface area contributed by atoms with Crippen molar-refractivity contribution < 1.29 is 59.1 Å². The first-order valence-corrected chi connectivity index (χ1v) is 15.3. The van der Waals surface area contributed by atoms with E-state index < -0.39 is 7.92 Å². The Morgan fingerprint density at radius 3 is 1.17 bits per heavy atom. The van der Waals surface area contributed by atoms with E-state index in [1.807, 2.05) is 36.0 Å². The summed E-state index contributed by atoms with van der Waals surface area (Å²) in [6.07, 6.45) is 3.17. The second kappa shape index (κ2) is 25.8. The molecule has 0 aliphatic heterocycles. The van der Waals surface area contributed by atoms with Crippen LogP contribution in [0.3, 0.4) is 0 Å². The Morgan fingerprint density at radius 1 is 0.610 bits per heavy atom. The maximum atomic E-state index is 4.76. The van der Waals surface area contributed by atoms with Crippen LogP contribution in [0, 0.1) is 13.1 Å². The van der Waals surface area contributed by atoms with Gasteiger partial charge >= 0.3 is 20.4 Å². The van der Waals surface area contributed by atoms with Gasteiger partial charge in [-0.2, -0.15) is 4.68 Å². The van der Waals surface area contributed by atoms with Gasteiger partial charge < -0.3 is 34.0 Å². The molecular formula is C31H31Br2Cl4N2PPd. The van der Waals surface area contributed by atoms with Crippen molar-refractivity contribution in [3.63, 3.8) is 0 Å². The second-order valence-corrected chi connectivity index (χ2v) is 11.5. The molecule has 0 unspecified atom stereocenters. The van der Waals surface area contributed by atoms with Crippen molar-refractivity contribution in [1.82, 2.24) is 4.68 Å². The van der Waals surface area contributed by atoms with Gasteiger partial charge in [0.05, 0.1) is 17.7 Å². The summed E-state index contributed by atoms with van der Waals surface area (Å²) in [7, 11) is 1.58. The molecular weight excluding hydrogens is 839 g/mol. The van der Waals surface area contributed by atoms with Crippen molar-refractivity contribution in [2.45, 2.75) is 6.92 Å². The van der Waals surface area contributed by atoms with E-state index in [9.17, 15) is 0 Å². The zero-order valence-corrected chi connectivity index (χ0v) is 31.1. The topological polar surface area (TPSA) is 8.81 Å². The third kappa shape index (κ3) is 15.0. The molecule has 222 valence electrons. The number of hydrogen-bond acceptors (Lipinski definition) is 0. The zero-order valence-electron chi connectivity index (χ0n) is 22.5. The summed E-state index contributed by atoms with van der Waals surface area (Å²) >= 11 is 19.1. The van der Waals surface area contributed by atoms with Gasteiger partial charge in [-0.1, -0.05) is 122 Å². The van der Waals surface area contributed by atoms with Gasteiger partial charge in [-0.25, -0.2) is 4.68 Å². The molecule has 0 aliphatic rings. The van der Waals surface area contributed by atoms with Gasteiger partial charge in [-0.3, -0.25) is 0 Å². The van der Waals surface area contributed by atoms with Gasteiger partial charge in [0.25, 0.3) is 0 Å². The van der Waals surface area contributed by atoms with E-state index in [4.69, 9.17) is 46.4 Å². The van der Waals surface area contributed by atoms with Crippen molar-refractivity contribution >= 4 is 70.2 Å². The quantitative estimate of drug-likeness (QED) is 0.0857. The summed E-state index contributed by atoms with van der Waals surface area (Å²) in [4.78, 5) is 0. The summed E-state index contributed by atoms with van der Waals surface area (Å²) in [6.45, 7) is 2.07. The van der Waals surface area contributed by atoms with E-state index in [1.54, 1.807) is 0 Å². The first-order valence-electron chi connectivity index (χ1n) is 11.8. The van der Waals surface area contributed by atoms with Gasteiger partial charge in [0, 0.05) is 0 Å². The van der Waals surface area contributed by atoms with Gasteiger partial charge in [0.15, 0.2) is 0 Å². The van der Waals surface area contributed by atoms with Crippen molar-refractivity contribution in [2.75, 3.05) is 10.7 Å². The number of aryl methyl sites for hydroxylation is 1. The molecule has 2 nitrogen and oxygen atoms in total. The molecule has 0 spiro atoms. The molecule has 10 heteroatoms. The van der Waals surface area contributed by atoms with Crippen molar-refractivity contribution in [2.24, 2.45) is 7.05 Å². The van der Waals surface area contributed by atoms with Crippen LogP contribution in [-0.2, 0) is 27.5 Å². The van der Waals surface area contributed by atoms with Gasteiger partial charge in [0.2, 0.25) is 0 Å².